The summed E-state index contributed by atoms with van der Waals surface area (Å²) in [5.41, 5.74) is 2.57. The summed E-state index contributed by atoms with van der Waals surface area (Å²) >= 11 is 0. The molecule has 1 fully saturated rings. The Morgan fingerprint density at radius 3 is 2.29 bits per heavy atom. The average molecular weight is 418 g/mol. The number of hydrogen-bond acceptors (Lipinski definition) is 4. The van der Waals surface area contributed by atoms with E-state index in [1.54, 1.807) is 17.9 Å². The number of benzene rings is 2. The van der Waals surface area contributed by atoms with Gasteiger partial charge in [0.05, 0.1) is 12.0 Å². The Bertz CT molecular complexity index is 1010. The van der Waals surface area contributed by atoms with Gasteiger partial charge in [-0.2, -0.15) is 5.10 Å². The third kappa shape index (κ3) is 4.66. The minimum atomic E-state index is -0.611. The number of aromatic nitrogens is 3. The molecule has 3 aromatic rings. The number of likely N-dealkylation sites (tertiary alicyclic amines) is 1. The minimum Gasteiger partial charge on any atom is -0.351 e. The fraction of sp³-hybridized carbons (Fsp3) is 0.333. The standard InChI is InChI=1S/C24H27N5O2/c1-19(30)28-13-11-24(12-14-28,22-5-3-2-4-6-22)23(31)26-15-20-7-9-21(10-8-20)16-29-18-25-17-27-29/h2-10,17-18H,11-16H2,1H3,(H,26,31). The number of carbonyl (C=O) groups is 2. The van der Waals surface area contributed by atoms with Crippen LogP contribution in [-0.4, -0.2) is 44.6 Å². The van der Waals surface area contributed by atoms with Crippen LogP contribution in [0.1, 0.15) is 36.5 Å². The van der Waals surface area contributed by atoms with Crippen molar-refractivity contribution in [2.45, 2.75) is 38.3 Å². The van der Waals surface area contributed by atoms with Gasteiger partial charge in [-0.05, 0) is 29.5 Å². The van der Waals surface area contributed by atoms with Gasteiger partial charge in [0.1, 0.15) is 12.7 Å². The summed E-state index contributed by atoms with van der Waals surface area (Å²) < 4.78 is 1.77. The lowest BCUT2D eigenvalue weighted by molar-refractivity contribution is -0.135. The van der Waals surface area contributed by atoms with Gasteiger partial charge in [0.15, 0.2) is 0 Å². The third-order valence-corrected chi connectivity index (χ3v) is 6.11. The number of nitrogens with zero attached hydrogens (tertiary/aromatic N) is 4. The predicted molar refractivity (Wildman–Crippen MR) is 117 cm³/mol. The van der Waals surface area contributed by atoms with E-state index < -0.39 is 5.41 Å². The summed E-state index contributed by atoms with van der Waals surface area (Å²) in [6, 6.07) is 18.1. The molecule has 0 atom stereocenters. The lowest BCUT2D eigenvalue weighted by Crippen LogP contribution is -2.52. The van der Waals surface area contributed by atoms with Gasteiger partial charge in [0.25, 0.3) is 0 Å². The molecule has 4 rings (SSSR count). The lowest BCUT2D eigenvalue weighted by atomic mass is 9.72. The van der Waals surface area contributed by atoms with E-state index in [0.717, 1.165) is 16.7 Å². The van der Waals surface area contributed by atoms with Gasteiger partial charge in [-0.1, -0.05) is 54.6 Å². The number of rotatable bonds is 6. The summed E-state index contributed by atoms with van der Waals surface area (Å²) in [4.78, 5) is 31.0. The van der Waals surface area contributed by atoms with E-state index in [4.69, 9.17) is 0 Å². The van der Waals surface area contributed by atoms with Crippen molar-refractivity contribution in [3.05, 3.63) is 83.9 Å². The van der Waals surface area contributed by atoms with Gasteiger partial charge in [-0.3, -0.25) is 9.59 Å². The Morgan fingerprint density at radius 1 is 1.00 bits per heavy atom. The van der Waals surface area contributed by atoms with E-state index >= 15 is 0 Å². The fourth-order valence-corrected chi connectivity index (χ4v) is 4.22. The monoisotopic (exact) mass is 417 g/mol. The molecule has 0 unspecified atom stereocenters. The van der Waals surface area contributed by atoms with Crippen molar-refractivity contribution in [3.63, 3.8) is 0 Å². The molecule has 7 nitrogen and oxygen atoms in total. The zero-order valence-corrected chi connectivity index (χ0v) is 17.7. The van der Waals surface area contributed by atoms with Gasteiger partial charge >= 0.3 is 0 Å². The zero-order valence-electron chi connectivity index (χ0n) is 17.7. The molecule has 1 aliphatic heterocycles. The smallest absolute Gasteiger partial charge is 0.231 e. The predicted octanol–water partition coefficient (Wildman–Crippen LogP) is 2.52. The summed E-state index contributed by atoms with van der Waals surface area (Å²) in [6.07, 6.45) is 4.46. The number of piperidine rings is 1. The zero-order chi connectivity index (χ0) is 21.7. The quantitative estimate of drug-likeness (QED) is 0.668. The maximum Gasteiger partial charge on any atom is 0.231 e. The first kappa shape index (κ1) is 20.8. The van der Waals surface area contributed by atoms with E-state index in [9.17, 15) is 9.59 Å². The van der Waals surface area contributed by atoms with Gasteiger partial charge in [0, 0.05) is 26.6 Å². The van der Waals surface area contributed by atoms with Crippen LogP contribution in [0.15, 0.2) is 67.3 Å². The normalized spacial score (nSPS) is 15.5. The molecule has 1 aromatic heterocycles. The summed E-state index contributed by atoms with van der Waals surface area (Å²) in [7, 11) is 0. The molecule has 2 heterocycles. The Morgan fingerprint density at radius 2 is 1.68 bits per heavy atom. The first-order valence-electron chi connectivity index (χ1n) is 10.6. The molecule has 0 spiro atoms. The van der Waals surface area contributed by atoms with Crippen LogP contribution in [0.2, 0.25) is 0 Å². The molecule has 0 radical (unpaired) electrons. The molecule has 2 amide bonds. The lowest BCUT2D eigenvalue weighted by Gasteiger charge is -2.40. The van der Waals surface area contributed by atoms with Crippen LogP contribution in [-0.2, 0) is 28.1 Å². The third-order valence-electron chi connectivity index (χ3n) is 6.11. The number of amides is 2. The van der Waals surface area contributed by atoms with Crippen LogP contribution < -0.4 is 5.32 Å². The van der Waals surface area contributed by atoms with E-state index in [1.165, 1.54) is 6.33 Å². The number of hydrogen-bond donors (Lipinski definition) is 1. The summed E-state index contributed by atoms with van der Waals surface area (Å²) in [5, 5.41) is 7.27. The van der Waals surface area contributed by atoms with Crippen LogP contribution >= 0.6 is 0 Å². The second-order valence-corrected chi connectivity index (χ2v) is 8.05. The van der Waals surface area contributed by atoms with Gasteiger partial charge in [-0.15, -0.1) is 0 Å². The van der Waals surface area contributed by atoms with Crippen molar-refractivity contribution in [2.24, 2.45) is 0 Å². The van der Waals surface area contributed by atoms with Crippen LogP contribution in [0.5, 0.6) is 0 Å². The van der Waals surface area contributed by atoms with E-state index in [1.807, 2.05) is 59.5 Å². The SMILES string of the molecule is CC(=O)N1CCC(C(=O)NCc2ccc(Cn3cncn3)cc2)(c2ccccc2)CC1. The van der Waals surface area contributed by atoms with Crippen molar-refractivity contribution in [1.29, 1.82) is 0 Å². The molecule has 0 aliphatic carbocycles. The fourth-order valence-electron chi connectivity index (χ4n) is 4.22. The maximum absolute atomic E-state index is 13.4. The molecule has 0 bridgehead atoms. The van der Waals surface area contributed by atoms with Gasteiger partial charge in [0.2, 0.25) is 11.8 Å². The highest BCUT2D eigenvalue weighted by Crippen LogP contribution is 2.36. The Balaban J connectivity index is 1.44. The van der Waals surface area contributed by atoms with Crippen LogP contribution in [0.4, 0.5) is 0 Å². The largest absolute Gasteiger partial charge is 0.351 e. The van der Waals surface area contributed by atoms with Crippen molar-refractivity contribution < 1.29 is 9.59 Å². The topological polar surface area (TPSA) is 80.1 Å². The summed E-state index contributed by atoms with van der Waals surface area (Å²) in [6.45, 7) is 3.90. The molecular formula is C24H27N5O2. The highest BCUT2D eigenvalue weighted by Gasteiger charge is 2.43. The number of nitrogens with one attached hydrogen (secondary N) is 1. The van der Waals surface area contributed by atoms with Crippen LogP contribution in [0, 0.1) is 0 Å². The first-order valence-corrected chi connectivity index (χ1v) is 10.6. The van der Waals surface area contributed by atoms with Gasteiger partial charge < -0.3 is 10.2 Å². The molecule has 1 saturated heterocycles. The Labute approximate surface area is 182 Å². The van der Waals surface area contributed by atoms with Crippen molar-refractivity contribution >= 4 is 11.8 Å². The molecule has 1 N–H and O–H groups in total. The second-order valence-electron chi connectivity index (χ2n) is 8.05. The summed E-state index contributed by atoms with van der Waals surface area (Å²) in [5.74, 6) is 0.0849. The van der Waals surface area contributed by atoms with Crippen LogP contribution in [0.25, 0.3) is 0 Å². The molecule has 160 valence electrons. The molecule has 1 aliphatic rings. The van der Waals surface area contributed by atoms with E-state index in [2.05, 4.69) is 15.4 Å². The maximum atomic E-state index is 13.4. The van der Waals surface area contributed by atoms with E-state index in [0.29, 0.717) is 39.0 Å². The molecular weight excluding hydrogens is 390 g/mol. The second kappa shape index (κ2) is 9.12. The highest BCUT2D eigenvalue weighted by molar-refractivity contribution is 5.88. The van der Waals surface area contributed by atoms with Crippen molar-refractivity contribution in [1.82, 2.24) is 25.0 Å². The minimum absolute atomic E-state index is 0.0218. The molecule has 31 heavy (non-hydrogen) atoms. The molecule has 2 aromatic carbocycles. The molecule has 7 heteroatoms. The van der Waals surface area contributed by atoms with Crippen LogP contribution in [0.3, 0.4) is 0 Å². The molecule has 0 saturated carbocycles. The first-order chi connectivity index (χ1) is 15.1. The van der Waals surface area contributed by atoms with E-state index in [-0.39, 0.29) is 11.8 Å². The van der Waals surface area contributed by atoms with Crippen molar-refractivity contribution in [2.75, 3.05) is 13.1 Å². The Hall–Kier alpha value is -3.48. The average Bonchev–Trinajstić information content (AvgIpc) is 3.32. The Kier molecular flexibility index (Phi) is 6.11. The number of carbonyl (C=O) groups excluding carboxylic acids is 2. The van der Waals surface area contributed by atoms with Crippen molar-refractivity contribution in [3.8, 4) is 0 Å². The highest BCUT2D eigenvalue weighted by atomic mass is 16.2. The van der Waals surface area contributed by atoms with Gasteiger partial charge in [-0.25, -0.2) is 9.67 Å².